The average molecular weight is 210 g/mol. The van der Waals surface area contributed by atoms with Crippen LogP contribution in [0.25, 0.3) is 0 Å². The Bertz CT molecular complexity index is 372. The summed E-state index contributed by atoms with van der Waals surface area (Å²) in [6.45, 7) is 0. The van der Waals surface area contributed by atoms with Crippen molar-refractivity contribution < 1.29 is 4.79 Å². The van der Waals surface area contributed by atoms with E-state index in [1.165, 1.54) is 12.8 Å². The molecule has 3 heteroatoms. The molecule has 2 N–H and O–H groups in total. The van der Waals surface area contributed by atoms with Crippen LogP contribution in [-0.4, -0.2) is 5.78 Å². The van der Waals surface area contributed by atoms with Crippen molar-refractivity contribution in [2.45, 2.75) is 19.3 Å². The van der Waals surface area contributed by atoms with Gasteiger partial charge in [0.2, 0.25) is 0 Å². The van der Waals surface area contributed by atoms with Gasteiger partial charge < -0.3 is 5.73 Å². The highest BCUT2D eigenvalue weighted by molar-refractivity contribution is 6.33. The quantitative estimate of drug-likeness (QED) is 0.615. The summed E-state index contributed by atoms with van der Waals surface area (Å²) in [7, 11) is 0. The van der Waals surface area contributed by atoms with Gasteiger partial charge in [0.05, 0.1) is 10.7 Å². The van der Waals surface area contributed by atoms with E-state index in [9.17, 15) is 4.79 Å². The molecule has 1 aliphatic carbocycles. The predicted molar refractivity (Wildman–Crippen MR) is 57.5 cm³/mol. The summed E-state index contributed by atoms with van der Waals surface area (Å²) in [5.74, 6) is 0.787. The molecular formula is C11H12ClNO. The summed E-state index contributed by atoms with van der Waals surface area (Å²) in [6, 6.07) is 5.08. The standard InChI is InChI=1S/C11H12ClNO/c12-9-4-3-8(6-10(9)13)11(14)5-7-1-2-7/h3-4,6-7H,1-2,5,13H2. The first-order valence-electron chi connectivity index (χ1n) is 4.75. The molecule has 0 bridgehead atoms. The molecule has 0 aliphatic heterocycles. The molecule has 1 fully saturated rings. The van der Waals surface area contributed by atoms with Crippen molar-refractivity contribution in [3.63, 3.8) is 0 Å². The van der Waals surface area contributed by atoms with Gasteiger partial charge in [-0.05, 0) is 37.0 Å². The number of Topliss-reactive ketones (excluding diaryl/α,β-unsaturated/α-hetero) is 1. The normalized spacial score (nSPS) is 15.5. The SMILES string of the molecule is Nc1cc(C(=O)CC2CC2)ccc1Cl. The third kappa shape index (κ3) is 2.07. The van der Waals surface area contributed by atoms with Crippen LogP contribution < -0.4 is 5.73 Å². The number of hydrogen-bond acceptors (Lipinski definition) is 2. The topological polar surface area (TPSA) is 43.1 Å². The number of carbonyl (C=O) groups is 1. The van der Waals surface area contributed by atoms with Gasteiger partial charge >= 0.3 is 0 Å². The third-order valence-corrected chi connectivity index (χ3v) is 2.83. The Kier molecular flexibility index (Phi) is 2.46. The maximum atomic E-state index is 11.7. The van der Waals surface area contributed by atoms with Crippen LogP contribution in [-0.2, 0) is 0 Å². The molecule has 0 radical (unpaired) electrons. The lowest BCUT2D eigenvalue weighted by Crippen LogP contribution is -2.01. The summed E-state index contributed by atoms with van der Waals surface area (Å²) >= 11 is 5.77. The Morgan fingerprint density at radius 3 is 2.79 bits per heavy atom. The van der Waals surface area contributed by atoms with E-state index >= 15 is 0 Å². The number of rotatable bonds is 3. The van der Waals surface area contributed by atoms with Gasteiger partial charge in [-0.3, -0.25) is 4.79 Å². The second-order valence-corrected chi connectivity index (χ2v) is 4.21. The van der Waals surface area contributed by atoms with Gasteiger partial charge in [-0.15, -0.1) is 0 Å². The van der Waals surface area contributed by atoms with Crippen LogP contribution in [0.5, 0.6) is 0 Å². The van der Waals surface area contributed by atoms with Gasteiger partial charge in [0.15, 0.2) is 5.78 Å². The molecule has 74 valence electrons. The highest BCUT2D eigenvalue weighted by Crippen LogP contribution is 2.33. The van der Waals surface area contributed by atoms with Crippen LogP contribution in [0, 0.1) is 5.92 Å². The van der Waals surface area contributed by atoms with Crippen LogP contribution in [0.15, 0.2) is 18.2 Å². The first-order valence-corrected chi connectivity index (χ1v) is 5.13. The highest BCUT2D eigenvalue weighted by Gasteiger charge is 2.24. The molecule has 0 heterocycles. The van der Waals surface area contributed by atoms with Crippen molar-refractivity contribution >= 4 is 23.1 Å². The number of anilines is 1. The molecule has 0 spiro atoms. The first kappa shape index (κ1) is 9.53. The minimum Gasteiger partial charge on any atom is -0.398 e. The Morgan fingerprint density at radius 1 is 1.50 bits per heavy atom. The van der Waals surface area contributed by atoms with E-state index in [1.54, 1.807) is 18.2 Å². The molecule has 2 nitrogen and oxygen atoms in total. The summed E-state index contributed by atoms with van der Waals surface area (Å²) < 4.78 is 0. The van der Waals surface area contributed by atoms with Crippen molar-refractivity contribution in [2.75, 3.05) is 5.73 Å². The van der Waals surface area contributed by atoms with E-state index in [4.69, 9.17) is 17.3 Å². The van der Waals surface area contributed by atoms with E-state index in [0.717, 1.165) is 0 Å². The lowest BCUT2D eigenvalue weighted by molar-refractivity contribution is 0.0976. The largest absolute Gasteiger partial charge is 0.398 e. The second kappa shape index (κ2) is 3.62. The number of carbonyl (C=O) groups excluding carboxylic acids is 1. The van der Waals surface area contributed by atoms with Crippen LogP contribution in [0.4, 0.5) is 5.69 Å². The molecule has 0 saturated heterocycles. The summed E-state index contributed by atoms with van der Waals surface area (Å²) in [4.78, 5) is 11.7. The molecule has 1 saturated carbocycles. The molecule has 1 aromatic rings. The molecule has 14 heavy (non-hydrogen) atoms. The molecule has 0 aromatic heterocycles. The van der Waals surface area contributed by atoms with Crippen LogP contribution >= 0.6 is 11.6 Å². The maximum absolute atomic E-state index is 11.7. The van der Waals surface area contributed by atoms with Crippen LogP contribution in [0.1, 0.15) is 29.6 Å². The van der Waals surface area contributed by atoms with Gasteiger partial charge in [0.25, 0.3) is 0 Å². The number of nitrogens with two attached hydrogens (primary N) is 1. The summed E-state index contributed by atoms with van der Waals surface area (Å²) in [5, 5.41) is 0.507. The van der Waals surface area contributed by atoms with E-state index in [0.29, 0.717) is 28.6 Å². The average Bonchev–Trinajstić information content (AvgIpc) is 2.93. The minimum atomic E-state index is 0.177. The van der Waals surface area contributed by atoms with E-state index in [-0.39, 0.29) is 5.78 Å². The van der Waals surface area contributed by atoms with Crippen molar-refractivity contribution in [3.05, 3.63) is 28.8 Å². The molecule has 0 atom stereocenters. The highest BCUT2D eigenvalue weighted by atomic mass is 35.5. The fraction of sp³-hybridized carbons (Fsp3) is 0.364. The Morgan fingerprint density at radius 2 is 2.21 bits per heavy atom. The fourth-order valence-corrected chi connectivity index (χ4v) is 1.54. The second-order valence-electron chi connectivity index (χ2n) is 3.81. The van der Waals surface area contributed by atoms with Gasteiger partial charge in [0.1, 0.15) is 0 Å². The summed E-state index contributed by atoms with van der Waals surface area (Å²) in [5.41, 5.74) is 6.78. The lowest BCUT2D eigenvalue weighted by atomic mass is 10.1. The van der Waals surface area contributed by atoms with Crippen LogP contribution in [0.3, 0.4) is 0 Å². The molecule has 0 unspecified atom stereocenters. The maximum Gasteiger partial charge on any atom is 0.163 e. The Labute approximate surface area is 88.1 Å². The number of halogens is 1. The molecule has 1 aliphatic rings. The van der Waals surface area contributed by atoms with E-state index in [1.807, 2.05) is 0 Å². The molecule has 0 amide bonds. The predicted octanol–water partition coefficient (Wildman–Crippen LogP) is 2.91. The van der Waals surface area contributed by atoms with E-state index in [2.05, 4.69) is 0 Å². The number of ketones is 1. The number of hydrogen-bond donors (Lipinski definition) is 1. The van der Waals surface area contributed by atoms with Crippen LogP contribution in [0.2, 0.25) is 5.02 Å². The lowest BCUT2D eigenvalue weighted by Gasteiger charge is -2.02. The Hall–Kier alpha value is -1.02. The van der Waals surface area contributed by atoms with Gasteiger partial charge in [0, 0.05) is 12.0 Å². The number of nitrogen functional groups attached to an aromatic ring is 1. The third-order valence-electron chi connectivity index (χ3n) is 2.49. The fourth-order valence-electron chi connectivity index (χ4n) is 1.42. The number of benzene rings is 1. The van der Waals surface area contributed by atoms with Crippen molar-refractivity contribution in [1.29, 1.82) is 0 Å². The van der Waals surface area contributed by atoms with Gasteiger partial charge in [-0.2, -0.15) is 0 Å². The van der Waals surface area contributed by atoms with Crippen molar-refractivity contribution in [1.82, 2.24) is 0 Å². The zero-order valence-corrected chi connectivity index (χ0v) is 8.55. The first-order chi connectivity index (χ1) is 6.66. The zero-order chi connectivity index (χ0) is 10.1. The van der Waals surface area contributed by atoms with Gasteiger partial charge in [-0.25, -0.2) is 0 Å². The van der Waals surface area contributed by atoms with Gasteiger partial charge in [-0.1, -0.05) is 11.6 Å². The monoisotopic (exact) mass is 209 g/mol. The smallest absolute Gasteiger partial charge is 0.163 e. The molecular weight excluding hydrogens is 198 g/mol. The molecule has 1 aromatic carbocycles. The van der Waals surface area contributed by atoms with Crippen molar-refractivity contribution in [2.24, 2.45) is 5.92 Å². The minimum absolute atomic E-state index is 0.177. The van der Waals surface area contributed by atoms with Crippen molar-refractivity contribution in [3.8, 4) is 0 Å². The van der Waals surface area contributed by atoms with E-state index < -0.39 is 0 Å². The zero-order valence-electron chi connectivity index (χ0n) is 7.79. The molecule has 2 rings (SSSR count). The Balaban J connectivity index is 2.14. The summed E-state index contributed by atoms with van der Waals surface area (Å²) in [6.07, 6.45) is 3.03.